The molecule has 1 aromatic heterocycles. The van der Waals surface area contributed by atoms with Crippen LogP contribution in [0.5, 0.6) is 0 Å². The van der Waals surface area contributed by atoms with Crippen LogP contribution in [0.1, 0.15) is 34.8 Å². The Kier molecular flexibility index (Phi) is 3.70. The number of amides is 1. The van der Waals surface area contributed by atoms with E-state index in [4.69, 9.17) is 4.74 Å². The van der Waals surface area contributed by atoms with Gasteiger partial charge in [-0.2, -0.15) is 0 Å². The van der Waals surface area contributed by atoms with Gasteiger partial charge in [-0.15, -0.1) is 0 Å². The highest BCUT2D eigenvalue weighted by molar-refractivity contribution is 5.93. The van der Waals surface area contributed by atoms with Crippen molar-refractivity contribution in [1.29, 1.82) is 0 Å². The number of hydrogen-bond donors (Lipinski definition) is 0. The van der Waals surface area contributed by atoms with Gasteiger partial charge in [0.15, 0.2) is 5.69 Å². The van der Waals surface area contributed by atoms with Crippen LogP contribution in [0.15, 0.2) is 35.0 Å². The molecule has 0 spiro atoms. The van der Waals surface area contributed by atoms with E-state index >= 15 is 0 Å². The Bertz CT molecular complexity index is 626. The predicted octanol–water partition coefficient (Wildman–Crippen LogP) is 1.98. The number of aryl methyl sites for hydroxylation is 1. The summed E-state index contributed by atoms with van der Waals surface area (Å²) in [4.78, 5) is 14.3. The van der Waals surface area contributed by atoms with Gasteiger partial charge in [-0.3, -0.25) is 4.79 Å². The van der Waals surface area contributed by atoms with Gasteiger partial charge in [0.1, 0.15) is 11.8 Å². The minimum absolute atomic E-state index is 0.00596. The van der Waals surface area contributed by atoms with Crippen molar-refractivity contribution in [2.24, 2.45) is 0 Å². The summed E-state index contributed by atoms with van der Waals surface area (Å²) in [7, 11) is 0. The molecule has 21 heavy (non-hydrogen) atoms. The summed E-state index contributed by atoms with van der Waals surface area (Å²) in [5.74, 6) is -0.162. The Labute approximate surface area is 122 Å². The van der Waals surface area contributed by atoms with Gasteiger partial charge in [-0.25, -0.2) is 4.63 Å². The van der Waals surface area contributed by atoms with E-state index in [0.29, 0.717) is 18.8 Å². The SMILES string of the molecule is Cc1nonc1C(=O)N1CC(c2ccccc2)OCC1C. The van der Waals surface area contributed by atoms with Crippen molar-refractivity contribution in [3.05, 3.63) is 47.3 Å². The number of ether oxygens (including phenoxy) is 1. The van der Waals surface area contributed by atoms with Crippen molar-refractivity contribution in [2.45, 2.75) is 26.0 Å². The highest BCUT2D eigenvalue weighted by Crippen LogP contribution is 2.26. The summed E-state index contributed by atoms with van der Waals surface area (Å²) in [5.41, 5.74) is 1.85. The fourth-order valence-electron chi connectivity index (χ4n) is 2.47. The molecular formula is C15H17N3O3. The number of carbonyl (C=O) groups excluding carboxylic acids is 1. The lowest BCUT2D eigenvalue weighted by atomic mass is 10.1. The molecule has 1 saturated heterocycles. The van der Waals surface area contributed by atoms with Gasteiger partial charge in [0.2, 0.25) is 0 Å². The van der Waals surface area contributed by atoms with Crippen LogP contribution in [0.25, 0.3) is 0 Å². The lowest BCUT2D eigenvalue weighted by Gasteiger charge is -2.37. The maximum absolute atomic E-state index is 12.6. The van der Waals surface area contributed by atoms with Crippen molar-refractivity contribution in [3.8, 4) is 0 Å². The fourth-order valence-corrected chi connectivity index (χ4v) is 2.47. The fraction of sp³-hybridized carbons (Fsp3) is 0.400. The Hall–Kier alpha value is -2.21. The van der Waals surface area contributed by atoms with Crippen LogP contribution in [-0.4, -0.2) is 40.3 Å². The Morgan fingerprint density at radius 3 is 2.71 bits per heavy atom. The molecule has 0 N–H and O–H groups in total. The van der Waals surface area contributed by atoms with Gasteiger partial charge < -0.3 is 9.64 Å². The number of benzene rings is 1. The van der Waals surface area contributed by atoms with Crippen molar-refractivity contribution >= 4 is 5.91 Å². The summed E-state index contributed by atoms with van der Waals surface area (Å²) >= 11 is 0. The minimum atomic E-state index is -0.162. The van der Waals surface area contributed by atoms with E-state index in [0.717, 1.165) is 5.56 Å². The Balaban J connectivity index is 1.81. The molecule has 3 rings (SSSR count). The minimum Gasteiger partial charge on any atom is -0.370 e. The summed E-state index contributed by atoms with van der Waals surface area (Å²) in [6.07, 6.45) is -0.119. The first kappa shape index (κ1) is 13.8. The summed E-state index contributed by atoms with van der Waals surface area (Å²) in [6, 6.07) is 9.90. The van der Waals surface area contributed by atoms with Crippen LogP contribution in [0.2, 0.25) is 0 Å². The number of aromatic nitrogens is 2. The van der Waals surface area contributed by atoms with Crippen molar-refractivity contribution < 1.29 is 14.2 Å². The molecule has 1 aliphatic heterocycles. The average Bonchev–Trinajstić information content (AvgIpc) is 2.94. The topological polar surface area (TPSA) is 68.5 Å². The van der Waals surface area contributed by atoms with Gasteiger partial charge in [0.05, 0.1) is 19.2 Å². The molecule has 2 atom stereocenters. The quantitative estimate of drug-likeness (QED) is 0.844. The van der Waals surface area contributed by atoms with Gasteiger partial charge >= 0.3 is 0 Å². The lowest BCUT2D eigenvalue weighted by Crippen LogP contribution is -2.48. The third kappa shape index (κ3) is 2.67. The number of hydrogen-bond acceptors (Lipinski definition) is 5. The van der Waals surface area contributed by atoms with Gasteiger partial charge in [0.25, 0.3) is 5.91 Å². The van der Waals surface area contributed by atoms with Crippen LogP contribution < -0.4 is 0 Å². The van der Waals surface area contributed by atoms with Crippen molar-refractivity contribution in [3.63, 3.8) is 0 Å². The first-order valence-electron chi connectivity index (χ1n) is 6.93. The van der Waals surface area contributed by atoms with E-state index < -0.39 is 0 Å². The summed E-state index contributed by atoms with van der Waals surface area (Å²) in [6.45, 7) is 4.66. The molecule has 1 aliphatic rings. The highest BCUT2D eigenvalue weighted by atomic mass is 16.6. The van der Waals surface area contributed by atoms with E-state index in [1.54, 1.807) is 11.8 Å². The van der Waals surface area contributed by atoms with Gasteiger partial charge in [-0.05, 0) is 24.6 Å². The molecule has 2 heterocycles. The zero-order chi connectivity index (χ0) is 14.8. The van der Waals surface area contributed by atoms with E-state index in [1.165, 1.54) is 0 Å². The highest BCUT2D eigenvalue weighted by Gasteiger charge is 2.33. The number of morpholine rings is 1. The molecule has 0 saturated carbocycles. The standard InChI is InChI=1S/C15H17N3O3/c1-10-9-20-13(12-6-4-3-5-7-12)8-18(10)15(19)14-11(2)16-21-17-14/h3-7,10,13H,8-9H2,1-2H3. The van der Waals surface area contributed by atoms with Crippen LogP contribution in [0.4, 0.5) is 0 Å². The number of nitrogens with zero attached hydrogens (tertiary/aromatic N) is 3. The van der Waals surface area contributed by atoms with Crippen LogP contribution in [0, 0.1) is 6.92 Å². The molecular weight excluding hydrogens is 270 g/mol. The third-order valence-corrected chi connectivity index (χ3v) is 3.72. The normalized spacial score (nSPS) is 22.3. The molecule has 1 fully saturated rings. The van der Waals surface area contributed by atoms with Crippen LogP contribution in [0.3, 0.4) is 0 Å². The molecule has 110 valence electrons. The van der Waals surface area contributed by atoms with Crippen molar-refractivity contribution in [1.82, 2.24) is 15.2 Å². The first-order chi connectivity index (χ1) is 10.2. The van der Waals surface area contributed by atoms with Gasteiger partial charge in [-0.1, -0.05) is 35.5 Å². The number of carbonyl (C=O) groups is 1. The second-order valence-corrected chi connectivity index (χ2v) is 5.24. The largest absolute Gasteiger partial charge is 0.370 e. The van der Waals surface area contributed by atoms with E-state index in [2.05, 4.69) is 14.9 Å². The number of rotatable bonds is 2. The maximum atomic E-state index is 12.6. The second-order valence-electron chi connectivity index (χ2n) is 5.24. The summed E-state index contributed by atoms with van der Waals surface area (Å²) < 4.78 is 10.5. The molecule has 6 heteroatoms. The molecule has 0 radical (unpaired) electrons. The van der Waals surface area contributed by atoms with Gasteiger partial charge in [0, 0.05) is 0 Å². The van der Waals surface area contributed by atoms with Crippen molar-refractivity contribution in [2.75, 3.05) is 13.2 Å². The Morgan fingerprint density at radius 1 is 1.29 bits per heavy atom. The Morgan fingerprint density at radius 2 is 2.05 bits per heavy atom. The lowest BCUT2D eigenvalue weighted by molar-refractivity contribution is -0.0489. The van der Waals surface area contributed by atoms with E-state index in [9.17, 15) is 4.79 Å². The summed E-state index contributed by atoms with van der Waals surface area (Å²) in [5, 5.41) is 7.37. The smallest absolute Gasteiger partial charge is 0.278 e. The van der Waals surface area contributed by atoms with E-state index in [-0.39, 0.29) is 23.7 Å². The molecule has 2 aromatic rings. The molecule has 0 bridgehead atoms. The molecule has 1 amide bonds. The monoisotopic (exact) mass is 287 g/mol. The molecule has 2 unspecified atom stereocenters. The van der Waals surface area contributed by atoms with Crippen LogP contribution in [-0.2, 0) is 4.74 Å². The molecule has 0 aliphatic carbocycles. The third-order valence-electron chi connectivity index (χ3n) is 3.72. The zero-order valence-electron chi connectivity index (χ0n) is 12.0. The second kappa shape index (κ2) is 5.65. The average molecular weight is 287 g/mol. The van der Waals surface area contributed by atoms with E-state index in [1.807, 2.05) is 37.3 Å². The maximum Gasteiger partial charge on any atom is 0.278 e. The molecule has 1 aromatic carbocycles. The predicted molar refractivity (Wildman–Crippen MR) is 74.7 cm³/mol. The molecule has 6 nitrogen and oxygen atoms in total. The van der Waals surface area contributed by atoms with Crippen LogP contribution >= 0.6 is 0 Å². The zero-order valence-corrected chi connectivity index (χ0v) is 12.0. The first-order valence-corrected chi connectivity index (χ1v) is 6.93.